The number of rotatable bonds is 4. The van der Waals surface area contributed by atoms with Crippen LogP contribution in [0.25, 0.3) is 22.4 Å². The summed E-state index contributed by atoms with van der Waals surface area (Å²) in [6.45, 7) is 1.43. The van der Waals surface area contributed by atoms with E-state index in [1.807, 2.05) is 66.4 Å². The third-order valence-electron chi connectivity index (χ3n) is 8.58. The van der Waals surface area contributed by atoms with Crippen molar-refractivity contribution in [2.75, 3.05) is 43.5 Å². The molecule has 0 unspecified atom stereocenters. The van der Waals surface area contributed by atoms with Gasteiger partial charge >= 0.3 is 0 Å². The number of hydrogen-bond donors (Lipinski definition) is 1. The number of halogens is 1. The fourth-order valence-electron chi connectivity index (χ4n) is 6.28. The topological polar surface area (TPSA) is 85.7 Å². The summed E-state index contributed by atoms with van der Waals surface area (Å²) >= 11 is 0. The van der Waals surface area contributed by atoms with Crippen LogP contribution in [0.5, 0.6) is 0 Å². The molecule has 2 amide bonds. The molecule has 8 nitrogen and oxygen atoms in total. The van der Waals surface area contributed by atoms with Crippen LogP contribution in [0.3, 0.4) is 0 Å². The molecular weight excluding hydrogens is 533 g/mol. The molecule has 9 heteroatoms. The number of pyridine rings is 1. The molecule has 3 aromatic heterocycles. The van der Waals surface area contributed by atoms with E-state index < -0.39 is 5.41 Å². The average molecular weight is 564 g/mol. The minimum absolute atomic E-state index is 0.0723. The van der Waals surface area contributed by atoms with E-state index in [0.29, 0.717) is 55.0 Å². The summed E-state index contributed by atoms with van der Waals surface area (Å²) in [5, 5.41) is 0. The molecule has 0 radical (unpaired) electrons. The van der Waals surface area contributed by atoms with Gasteiger partial charge in [0.05, 0.1) is 11.1 Å². The normalized spacial score (nSPS) is 15.8. The van der Waals surface area contributed by atoms with Gasteiger partial charge in [-0.05, 0) is 48.7 Å². The first-order chi connectivity index (χ1) is 20.3. The lowest BCUT2D eigenvalue weighted by Gasteiger charge is -2.40. The fourth-order valence-corrected chi connectivity index (χ4v) is 6.28. The van der Waals surface area contributed by atoms with Gasteiger partial charge in [0.2, 0.25) is 0 Å². The average Bonchev–Trinajstić information content (AvgIpc) is 3.68. The Labute approximate surface area is 242 Å². The minimum atomic E-state index is -0.441. The number of piperidine rings is 1. The fraction of sp³-hybridized carbons (Fsp3) is 0.242. The monoisotopic (exact) mass is 563 g/mol. The summed E-state index contributed by atoms with van der Waals surface area (Å²) in [5.41, 5.74) is 4.34. The van der Waals surface area contributed by atoms with E-state index >= 15 is 0 Å². The molecule has 5 heterocycles. The highest BCUT2D eigenvalue weighted by Gasteiger charge is 2.47. The van der Waals surface area contributed by atoms with Crippen molar-refractivity contribution in [3.63, 3.8) is 0 Å². The van der Waals surface area contributed by atoms with Crippen LogP contribution in [0, 0.1) is 5.82 Å². The van der Waals surface area contributed by atoms with Gasteiger partial charge in [0, 0.05) is 68.7 Å². The van der Waals surface area contributed by atoms with Crippen LogP contribution in [0.15, 0.2) is 83.4 Å². The van der Waals surface area contributed by atoms with E-state index in [0.717, 1.165) is 28.2 Å². The van der Waals surface area contributed by atoms with E-state index in [9.17, 15) is 14.0 Å². The number of benzene rings is 2. The van der Waals surface area contributed by atoms with Crippen molar-refractivity contribution < 1.29 is 18.4 Å². The van der Waals surface area contributed by atoms with Crippen LogP contribution in [0.1, 0.15) is 39.3 Å². The summed E-state index contributed by atoms with van der Waals surface area (Å²) < 4.78 is 20.6. The maximum absolute atomic E-state index is 14.5. The maximum Gasteiger partial charge on any atom is 0.274 e. The van der Waals surface area contributed by atoms with E-state index in [1.165, 1.54) is 6.07 Å². The Balaban J connectivity index is 1.12. The molecule has 1 fully saturated rings. The van der Waals surface area contributed by atoms with Crippen LogP contribution in [0.4, 0.5) is 15.9 Å². The molecule has 2 aliphatic heterocycles. The van der Waals surface area contributed by atoms with Crippen LogP contribution < -0.4 is 9.80 Å². The summed E-state index contributed by atoms with van der Waals surface area (Å²) in [6, 6.07) is 21.7. The van der Waals surface area contributed by atoms with Gasteiger partial charge in [0.15, 0.2) is 5.58 Å². The summed E-state index contributed by atoms with van der Waals surface area (Å²) in [5.74, 6) is 0.904. The Morgan fingerprint density at radius 1 is 0.976 bits per heavy atom. The van der Waals surface area contributed by atoms with Gasteiger partial charge < -0.3 is 24.1 Å². The number of carbonyl (C=O) groups excluding carboxylic acids is 2. The van der Waals surface area contributed by atoms with Crippen molar-refractivity contribution in [2.24, 2.45) is 0 Å². The molecule has 1 saturated heterocycles. The number of amides is 2. The molecule has 7 rings (SSSR count). The number of likely N-dealkylation sites (tertiary alicyclic amines) is 1. The number of aromatic amines is 1. The number of nitrogens with one attached hydrogen (secondary N) is 1. The van der Waals surface area contributed by atoms with Crippen molar-refractivity contribution in [1.29, 1.82) is 0 Å². The van der Waals surface area contributed by atoms with Crippen molar-refractivity contribution in [3.05, 3.63) is 102 Å². The van der Waals surface area contributed by atoms with Gasteiger partial charge in [-0.25, -0.2) is 9.37 Å². The van der Waals surface area contributed by atoms with E-state index in [-0.39, 0.29) is 17.6 Å². The second-order valence-corrected chi connectivity index (χ2v) is 11.4. The van der Waals surface area contributed by atoms with E-state index in [2.05, 4.69) is 9.97 Å². The van der Waals surface area contributed by atoms with Gasteiger partial charge in [0.25, 0.3) is 11.8 Å². The lowest BCUT2D eigenvalue weighted by molar-refractivity contribution is 0.0670. The highest BCUT2D eigenvalue weighted by Crippen LogP contribution is 2.48. The van der Waals surface area contributed by atoms with Crippen LogP contribution >= 0.6 is 0 Å². The van der Waals surface area contributed by atoms with E-state index in [1.54, 1.807) is 35.4 Å². The maximum atomic E-state index is 14.5. The predicted octanol–water partition coefficient (Wildman–Crippen LogP) is 5.86. The van der Waals surface area contributed by atoms with Gasteiger partial charge in [0.1, 0.15) is 23.1 Å². The lowest BCUT2D eigenvalue weighted by atomic mass is 9.74. The number of furan rings is 1. The van der Waals surface area contributed by atoms with Crippen LogP contribution in [0.2, 0.25) is 0 Å². The Morgan fingerprint density at radius 2 is 1.76 bits per heavy atom. The molecule has 0 bridgehead atoms. The van der Waals surface area contributed by atoms with Crippen molar-refractivity contribution in [2.45, 2.75) is 18.3 Å². The minimum Gasteiger partial charge on any atom is -0.454 e. The van der Waals surface area contributed by atoms with Crippen LogP contribution in [-0.4, -0.2) is 60.4 Å². The molecule has 0 atom stereocenters. The van der Waals surface area contributed by atoms with Gasteiger partial charge in [-0.3, -0.25) is 9.59 Å². The molecule has 1 spiro atoms. The number of carbonyl (C=O) groups is 2. The number of nitrogens with zero attached hydrogens (tertiary/aromatic N) is 4. The zero-order valence-corrected chi connectivity index (χ0v) is 23.4. The van der Waals surface area contributed by atoms with Crippen molar-refractivity contribution >= 4 is 34.4 Å². The predicted molar refractivity (Wildman–Crippen MR) is 159 cm³/mol. The zero-order chi connectivity index (χ0) is 29.0. The molecule has 2 aliphatic rings. The van der Waals surface area contributed by atoms with Crippen LogP contribution in [-0.2, 0) is 5.41 Å². The quantitative estimate of drug-likeness (QED) is 0.296. The summed E-state index contributed by atoms with van der Waals surface area (Å²) in [7, 11) is 3.80. The smallest absolute Gasteiger partial charge is 0.274 e. The van der Waals surface area contributed by atoms with Crippen molar-refractivity contribution in [1.82, 2.24) is 14.9 Å². The lowest BCUT2D eigenvalue weighted by Crippen LogP contribution is -2.48. The number of H-pyrrole nitrogens is 1. The van der Waals surface area contributed by atoms with Gasteiger partial charge in [-0.15, -0.1) is 0 Å². The SMILES string of the molecule is CN(C)c1ccc(C(=O)N2CCC3(CC2)CN(C(=O)c2cc4oc(-c5ccccc5)cc4[nH]2)c2ccc(F)cc23)cn1. The number of hydrogen-bond acceptors (Lipinski definition) is 5. The Hall–Kier alpha value is -4.92. The summed E-state index contributed by atoms with van der Waals surface area (Å²) in [6.07, 6.45) is 2.85. The Bertz CT molecular complexity index is 1770. The number of aromatic nitrogens is 2. The number of anilines is 2. The van der Waals surface area contributed by atoms with Gasteiger partial charge in [-0.2, -0.15) is 0 Å². The molecule has 0 aliphatic carbocycles. The molecule has 5 aromatic rings. The Morgan fingerprint density at radius 3 is 2.45 bits per heavy atom. The molecule has 212 valence electrons. The first kappa shape index (κ1) is 26.0. The third-order valence-corrected chi connectivity index (χ3v) is 8.58. The highest BCUT2D eigenvalue weighted by molar-refractivity contribution is 6.08. The van der Waals surface area contributed by atoms with E-state index in [4.69, 9.17) is 4.42 Å². The highest BCUT2D eigenvalue weighted by atomic mass is 19.1. The largest absolute Gasteiger partial charge is 0.454 e. The Kier molecular flexibility index (Phi) is 6.11. The van der Waals surface area contributed by atoms with Crippen molar-refractivity contribution in [3.8, 4) is 11.3 Å². The molecule has 1 N–H and O–H groups in total. The second-order valence-electron chi connectivity index (χ2n) is 11.4. The first-order valence-electron chi connectivity index (χ1n) is 14.0. The molecular formula is C33H30FN5O3. The van der Waals surface area contributed by atoms with Gasteiger partial charge in [-0.1, -0.05) is 30.3 Å². The molecule has 2 aromatic carbocycles. The first-order valence-corrected chi connectivity index (χ1v) is 14.0. The second kappa shape index (κ2) is 9.87. The standard InChI is InChI=1S/C33H30FN5O3/c1-37(2)30-11-8-22(19-35-30)31(40)38-14-12-33(13-15-38)20-39(27-10-9-23(34)16-24(27)33)32(41)26-18-29-25(36-26)17-28(42-29)21-6-4-3-5-7-21/h3-11,16-19,36H,12-15,20H2,1-2H3. The molecule has 42 heavy (non-hydrogen) atoms. The molecule has 0 saturated carbocycles. The zero-order valence-electron chi connectivity index (χ0n) is 23.4. The number of fused-ring (bicyclic) bond motifs is 3. The summed E-state index contributed by atoms with van der Waals surface area (Å²) in [4.78, 5) is 40.2. The third kappa shape index (κ3) is 4.32.